The first kappa shape index (κ1) is 13.6. The van der Waals surface area contributed by atoms with Crippen LogP contribution in [0.5, 0.6) is 17.5 Å². The van der Waals surface area contributed by atoms with Crippen molar-refractivity contribution < 1.29 is 19.0 Å². The normalized spacial score (nSPS) is 9.90. The molecule has 0 unspecified atom stereocenters. The van der Waals surface area contributed by atoms with Gasteiger partial charge in [0.25, 0.3) is 0 Å². The fourth-order valence-corrected chi connectivity index (χ4v) is 1.52. The number of carbonyl (C=O) groups excluding carboxylic acids is 1. The van der Waals surface area contributed by atoms with Gasteiger partial charge in [-0.25, -0.2) is 4.79 Å². The number of benzene rings is 1. The molecule has 0 aliphatic heterocycles. The predicted molar refractivity (Wildman–Crippen MR) is 70.9 cm³/mol. The summed E-state index contributed by atoms with van der Waals surface area (Å²) in [6, 6.07) is 6.47. The molecule has 0 atom stereocenters. The molecular weight excluding hydrogens is 262 g/mol. The fourth-order valence-electron chi connectivity index (χ4n) is 1.52. The minimum atomic E-state index is -0.455. The van der Waals surface area contributed by atoms with Crippen LogP contribution in [0.25, 0.3) is 0 Å². The molecule has 0 fully saturated rings. The van der Waals surface area contributed by atoms with Gasteiger partial charge in [0.15, 0.2) is 5.69 Å². The van der Waals surface area contributed by atoms with Gasteiger partial charge < -0.3 is 19.9 Å². The highest BCUT2D eigenvalue weighted by atomic mass is 16.5. The summed E-state index contributed by atoms with van der Waals surface area (Å²) in [7, 11) is 2.75. The number of nitrogen functional groups attached to an aromatic ring is 1. The zero-order chi connectivity index (χ0) is 14.5. The first-order valence-electron chi connectivity index (χ1n) is 5.66. The van der Waals surface area contributed by atoms with Crippen LogP contribution in [-0.2, 0) is 4.74 Å². The molecule has 7 nitrogen and oxygen atoms in total. The van der Waals surface area contributed by atoms with Gasteiger partial charge in [-0.05, 0) is 18.2 Å². The molecule has 2 rings (SSSR count). The number of esters is 1. The molecule has 7 heteroatoms. The van der Waals surface area contributed by atoms with E-state index in [1.165, 1.54) is 26.6 Å². The number of hydrogen-bond acceptors (Lipinski definition) is 7. The lowest BCUT2D eigenvalue weighted by Crippen LogP contribution is -2.02. The molecule has 0 aliphatic rings. The molecule has 0 saturated carbocycles. The maximum atomic E-state index is 11.4. The monoisotopic (exact) mass is 275 g/mol. The third-order valence-electron chi connectivity index (χ3n) is 2.47. The molecule has 1 aromatic heterocycles. The third kappa shape index (κ3) is 2.77. The number of carbonyl (C=O) groups is 1. The average molecular weight is 275 g/mol. The fraction of sp³-hybridized carbons (Fsp3) is 0.154. The summed E-state index contributed by atoms with van der Waals surface area (Å²) >= 11 is 0. The zero-order valence-electron chi connectivity index (χ0n) is 11.0. The van der Waals surface area contributed by atoms with Gasteiger partial charge in [-0.3, -0.25) is 0 Å². The predicted octanol–water partition coefficient (Wildman–Crippen LogP) is 1.65. The van der Waals surface area contributed by atoms with Crippen molar-refractivity contribution in [2.75, 3.05) is 20.0 Å². The summed E-state index contributed by atoms with van der Waals surface area (Å²) in [5.41, 5.74) is 6.34. The number of anilines is 1. The smallest absolute Gasteiger partial charge is 0.337 e. The molecule has 0 spiro atoms. The summed E-state index contributed by atoms with van der Waals surface area (Å²) in [6.45, 7) is 0. The first-order valence-corrected chi connectivity index (χ1v) is 5.66. The van der Waals surface area contributed by atoms with E-state index in [0.29, 0.717) is 11.3 Å². The van der Waals surface area contributed by atoms with Crippen LogP contribution >= 0.6 is 0 Å². The van der Waals surface area contributed by atoms with Crippen molar-refractivity contribution in [3.05, 3.63) is 36.2 Å². The standard InChI is InChI=1S/C13H13N3O4/c1-18-11-10(14)12(16-7-15-11)20-9-5-3-4-8(6-9)13(17)19-2/h3-7H,14H2,1-2H3. The molecule has 2 N–H and O–H groups in total. The number of ether oxygens (including phenoxy) is 3. The number of nitrogens with zero attached hydrogens (tertiary/aromatic N) is 2. The van der Waals surface area contributed by atoms with Crippen molar-refractivity contribution in [2.45, 2.75) is 0 Å². The van der Waals surface area contributed by atoms with Crippen LogP contribution in [0.3, 0.4) is 0 Å². The highest BCUT2D eigenvalue weighted by Crippen LogP contribution is 2.30. The van der Waals surface area contributed by atoms with Crippen molar-refractivity contribution in [2.24, 2.45) is 0 Å². The van der Waals surface area contributed by atoms with Crippen LogP contribution in [0.2, 0.25) is 0 Å². The van der Waals surface area contributed by atoms with E-state index in [1.807, 2.05) is 0 Å². The summed E-state index contributed by atoms with van der Waals surface area (Å²) in [5.74, 6) is 0.321. The van der Waals surface area contributed by atoms with E-state index in [0.717, 1.165) is 0 Å². The second-order valence-electron chi connectivity index (χ2n) is 3.72. The van der Waals surface area contributed by atoms with E-state index < -0.39 is 5.97 Å². The van der Waals surface area contributed by atoms with E-state index in [9.17, 15) is 4.79 Å². The van der Waals surface area contributed by atoms with Crippen LogP contribution in [0.4, 0.5) is 5.69 Å². The van der Waals surface area contributed by atoms with Gasteiger partial charge in [0.1, 0.15) is 12.1 Å². The molecule has 20 heavy (non-hydrogen) atoms. The molecule has 0 amide bonds. The van der Waals surface area contributed by atoms with Crippen LogP contribution in [0.15, 0.2) is 30.6 Å². The number of nitrogens with two attached hydrogens (primary N) is 1. The van der Waals surface area contributed by atoms with Crippen LogP contribution < -0.4 is 15.2 Å². The van der Waals surface area contributed by atoms with Gasteiger partial charge in [0.2, 0.25) is 11.8 Å². The van der Waals surface area contributed by atoms with E-state index >= 15 is 0 Å². The maximum absolute atomic E-state index is 11.4. The van der Waals surface area contributed by atoms with Crippen LogP contribution in [-0.4, -0.2) is 30.2 Å². The Labute approximate surface area is 115 Å². The number of hydrogen-bond donors (Lipinski definition) is 1. The quantitative estimate of drug-likeness (QED) is 0.847. The largest absolute Gasteiger partial charge is 0.479 e. The Bertz CT molecular complexity index is 631. The van der Waals surface area contributed by atoms with Crippen molar-refractivity contribution in [3.63, 3.8) is 0 Å². The van der Waals surface area contributed by atoms with E-state index in [2.05, 4.69) is 14.7 Å². The van der Waals surface area contributed by atoms with Gasteiger partial charge in [-0.1, -0.05) is 6.07 Å². The topological polar surface area (TPSA) is 96.6 Å². The molecule has 0 radical (unpaired) electrons. The average Bonchev–Trinajstić information content (AvgIpc) is 2.49. The number of methoxy groups -OCH3 is 2. The second kappa shape index (κ2) is 5.87. The van der Waals surface area contributed by atoms with Gasteiger partial charge in [0, 0.05) is 0 Å². The minimum absolute atomic E-state index is 0.152. The summed E-state index contributed by atoms with van der Waals surface area (Å²) in [4.78, 5) is 19.2. The number of aromatic nitrogens is 2. The minimum Gasteiger partial charge on any atom is -0.479 e. The molecule has 104 valence electrons. The van der Waals surface area contributed by atoms with Crippen molar-refractivity contribution in [3.8, 4) is 17.5 Å². The van der Waals surface area contributed by atoms with Crippen LogP contribution in [0, 0.1) is 0 Å². The Hall–Kier alpha value is -2.83. The Morgan fingerprint density at radius 1 is 1.20 bits per heavy atom. The summed E-state index contributed by atoms with van der Waals surface area (Å²) in [6.07, 6.45) is 1.27. The van der Waals surface area contributed by atoms with Crippen molar-refractivity contribution in [1.29, 1.82) is 0 Å². The van der Waals surface area contributed by atoms with Gasteiger partial charge in [-0.2, -0.15) is 9.97 Å². The first-order chi connectivity index (χ1) is 9.65. The lowest BCUT2D eigenvalue weighted by molar-refractivity contribution is 0.0600. The van der Waals surface area contributed by atoms with E-state index in [1.54, 1.807) is 18.2 Å². The Morgan fingerprint density at radius 3 is 2.65 bits per heavy atom. The SMILES string of the molecule is COC(=O)c1cccc(Oc2ncnc(OC)c2N)c1. The summed E-state index contributed by atoms with van der Waals surface area (Å²) in [5, 5.41) is 0. The van der Waals surface area contributed by atoms with Crippen molar-refractivity contribution in [1.82, 2.24) is 9.97 Å². The van der Waals surface area contributed by atoms with Gasteiger partial charge >= 0.3 is 5.97 Å². The molecule has 2 aromatic rings. The van der Waals surface area contributed by atoms with E-state index in [-0.39, 0.29) is 17.4 Å². The number of rotatable bonds is 4. The highest BCUT2D eigenvalue weighted by Gasteiger charge is 2.12. The Kier molecular flexibility index (Phi) is 3.99. The lowest BCUT2D eigenvalue weighted by Gasteiger charge is -2.09. The second-order valence-corrected chi connectivity index (χ2v) is 3.72. The third-order valence-corrected chi connectivity index (χ3v) is 2.47. The lowest BCUT2D eigenvalue weighted by atomic mass is 10.2. The molecule has 0 saturated heterocycles. The van der Waals surface area contributed by atoms with Gasteiger partial charge in [0.05, 0.1) is 19.8 Å². The van der Waals surface area contributed by atoms with Crippen molar-refractivity contribution >= 4 is 11.7 Å². The molecular formula is C13H13N3O4. The molecule has 0 bridgehead atoms. The highest BCUT2D eigenvalue weighted by molar-refractivity contribution is 5.89. The van der Waals surface area contributed by atoms with Crippen LogP contribution in [0.1, 0.15) is 10.4 Å². The summed E-state index contributed by atoms with van der Waals surface area (Å²) < 4.78 is 15.1. The molecule has 1 aromatic carbocycles. The van der Waals surface area contributed by atoms with Gasteiger partial charge in [-0.15, -0.1) is 0 Å². The molecule has 0 aliphatic carbocycles. The zero-order valence-corrected chi connectivity index (χ0v) is 11.0. The maximum Gasteiger partial charge on any atom is 0.337 e. The van der Waals surface area contributed by atoms with E-state index in [4.69, 9.17) is 15.2 Å². The Balaban J connectivity index is 2.28. The molecule has 1 heterocycles. The Morgan fingerprint density at radius 2 is 1.95 bits per heavy atom.